The number of likely N-dealkylation sites (tertiary alicyclic amines) is 1. The molecule has 1 fully saturated rings. The average Bonchev–Trinajstić information content (AvgIpc) is 3.59. The highest BCUT2D eigenvalue weighted by Gasteiger charge is 2.41. The van der Waals surface area contributed by atoms with E-state index in [4.69, 9.17) is 5.26 Å². The van der Waals surface area contributed by atoms with E-state index >= 15 is 0 Å². The van der Waals surface area contributed by atoms with Crippen LogP contribution in [0.5, 0.6) is 0 Å². The molecule has 2 aliphatic heterocycles. The number of pyridine rings is 1. The van der Waals surface area contributed by atoms with Crippen LogP contribution in [0.2, 0.25) is 0 Å². The molecule has 0 saturated carbocycles. The SMILES string of the molecule is Cn1cnnc1-c1ccc(C#N)cc1-c1cc(NC[C@@H](O)CC#N)nc(N2Cc3c(cc(CN4CCC4)cc3C(F)(F)F)C2=O)c1. The first-order chi connectivity index (χ1) is 22.0. The molecule has 6 rings (SSSR count). The van der Waals surface area contributed by atoms with Crippen molar-refractivity contribution in [1.29, 1.82) is 10.5 Å². The van der Waals surface area contributed by atoms with Crippen molar-refractivity contribution >= 4 is 17.5 Å². The van der Waals surface area contributed by atoms with Crippen LogP contribution < -0.4 is 10.2 Å². The van der Waals surface area contributed by atoms with Gasteiger partial charge < -0.3 is 15.0 Å². The van der Waals surface area contributed by atoms with Crippen molar-refractivity contribution in [2.45, 2.75) is 38.2 Å². The number of hydrogen-bond donors (Lipinski definition) is 2. The maximum absolute atomic E-state index is 14.3. The smallest absolute Gasteiger partial charge is 0.390 e. The van der Waals surface area contributed by atoms with E-state index in [-0.39, 0.29) is 42.3 Å². The van der Waals surface area contributed by atoms with Crippen LogP contribution in [0.4, 0.5) is 24.8 Å². The number of carbonyl (C=O) groups excluding carboxylic acids is 1. The molecule has 1 amide bonds. The second-order valence-corrected chi connectivity index (χ2v) is 11.3. The third-order valence-electron chi connectivity index (χ3n) is 8.11. The first-order valence-electron chi connectivity index (χ1n) is 14.5. The van der Waals surface area contributed by atoms with Gasteiger partial charge in [0.2, 0.25) is 0 Å². The summed E-state index contributed by atoms with van der Waals surface area (Å²) in [6.07, 6.45) is -3.34. The maximum Gasteiger partial charge on any atom is 0.416 e. The summed E-state index contributed by atoms with van der Waals surface area (Å²) >= 11 is 0. The molecule has 2 aliphatic rings. The molecule has 0 radical (unpaired) electrons. The zero-order valence-corrected chi connectivity index (χ0v) is 24.7. The van der Waals surface area contributed by atoms with E-state index in [9.17, 15) is 28.3 Å². The molecular formula is C32H28F3N9O2. The zero-order valence-electron chi connectivity index (χ0n) is 24.7. The first-order valence-corrected chi connectivity index (χ1v) is 14.5. The Hall–Kier alpha value is -5.31. The van der Waals surface area contributed by atoms with E-state index in [1.807, 2.05) is 11.0 Å². The Morgan fingerprint density at radius 3 is 2.54 bits per heavy atom. The largest absolute Gasteiger partial charge is 0.416 e. The minimum absolute atomic E-state index is 0.0252. The Balaban J connectivity index is 1.46. The van der Waals surface area contributed by atoms with Crippen LogP contribution in [0.15, 0.2) is 48.8 Å². The minimum Gasteiger partial charge on any atom is -0.390 e. The quantitative estimate of drug-likeness (QED) is 0.274. The lowest BCUT2D eigenvalue weighted by Gasteiger charge is -2.31. The monoisotopic (exact) mass is 627 g/mol. The molecule has 0 spiro atoms. The number of nitriles is 2. The van der Waals surface area contributed by atoms with Gasteiger partial charge in [0.05, 0.1) is 42.3 Å². The third-order valence-corrected chi connectivity index (χ3v) is 8.11. The van der Waals surface area contributed by atoms with E-state index in [1.54, 1.807) is 41.9 Å². The molecule has 46 heavy (non-hydrogen) atoms. The number of aromatic nitrogens is 4. The molecule has 4 heterocycles. The number of fused-ring (bicyclic) bond motifs is 1. The normalized spacial score (nSPS) is 15.2. The Morgan fingerprint density at radius 2 is 1.89 bits per heavy atom. The lowest BCUT2D eigenvalue weighted by atomic mass is 9.97. The number of benzene rings is 2. The number of nitrogens with zero attached hydrogens (tertiary/aromatic N) is 8. The summed E-state index contributed by atoms with van der Waals surface area (Å²) < 4.78 is 44.7. The summed E-state index contributed by atoms with van der Waals surface area (Å²) in [7, 11) is 1.76. The highest BCUT2D eigenvalue weighted by atomic mass is 19.4. The molecule has 2 aromatic heterocycles. The van der Waals surface area contributed by atoms with Crippen molar-refractivity contribution < 1.29 is 23.1 Å². The van der Waals surface area contributed by atoms with E-state index in [0.29, 0.717) is 40.2 Å². The number of halogens is 3. The van der Waals surface area contributed by atoms with E-state index in [2.05, 4.69) is 26.6 Å². The van der Waals surface area contributed by atoms with Gasteiger partial charge in [0, 0.05) is 31.3 Å². The molecule has 0 unspecified atom stereocenters. The number of carbonyl (C=O) groups is 1. The van der Waals surface area contributed by atoms with Crippen LogP contribution in [0.25, 0.3) is 22.5 Å². The number of hydrogen-bond acceptors (Lipinski definition) is 9. The number of nitrogens with one attached hydrogen (secondary N) is 1. The molecule has 2 N–H and O–H groups in total. The van der Waals surface area contributed by atoms with E-state index < -0.39 is 23.8 Å². The highest BCUT2D eigenvalue weighted by molar-refractivity contribution is 6.10. The molecule has 234 valence electrons. The van der Waals surface area contributed by atoms with Gasteiger partial charge in [-0.1, -0.05) is 0 Å². The van der Waals surface area contributed by atoms with Gasteiger partial charge in [-0.3, -0.25) is 14.6 Å². The Morgan fingerprint density at radius 1 is 1.09 bits per heavy atom. The Bertz CT molecular complexity index is 1900. The summed E-state index contributed by atoms with van der Waals surface area (Å²) in [5, 5.41) is 40.0. The lowest BCUT2D eigenvalue weighted by molar-refractivity contribution is -0.138. The van der Waals surface area contributed by atoms with Crippen molar-refractivity contribution in [3.63, 3.8) is 0 Å². The predicted octanol–water partition coefficient (Wildman–Crippen LogP) is 4.49. The summed E-state index contributed by atoms with van der Waals surface area (Å²) in [5.74, 6) is 0.144. The number of aliphatic hydroxyl groups excluding tert-OH is 1. The van der Waals surface area contributed by atoms with Crippen LogP contribution in [0, 0.1) is 22.7 Å². The number of alkyl halides is 3. The Kier molecular flexibility index (Phi) is 8.17. The van der Waals surface area contributed by atoms with Crippen molar-refractivity contribution in [3.05, 3.63) is 76.6 Å². The number of amides is 1. The first kappa shape index (κ1) is 30.7. The molecule has 14 heteroatoms. The lowest BCUT2D eigenvalue weighted by Crippen LogP contribution is -2.36. The molecule has 0 bridgehead atoms. The van der Waals surface area contributed by atoms with Gasteiger partial charge in [0.25, 0.3) is 5.91 Å². The van der Waals surface area contributed by atoms with Gasteiger partial charge in [-0.15, -0.1) is 10.2 Å². The topological polar surface area (TPSA) is 147 Å². The third kappa shape index (κ3) is 6.00. The molecular weight excluding hydrogens is 599 g/mol. The van der Waals surface area contributed by atoms with Crippen molar-refractivity contribution in [1.82, 2.24) is 24.6 Å². The van der Waals surface area contributed by atoms with Crippen LogP contribution in [0.1, 0.15) is 45.5 Å². The number of anilines is 2. The van der Waals surface area contributed by atoms with Crippen molar-refractivity contribution in [2.24, 2.45) is 7.05 Å². The van der Waals surface area contributed by atoms with Gasteiger partial charge in [-0.2, -0.15) is 23.7 Å². The zero-order chi connectivity index (χ0) is 32.6. The fraction of sp³-hybridized carbons (Fsp3) is 0.312. The molecule has 0 aliphatic carbocycles. The van der Waals surface area contributed by atoms with Gasteiger partial charge in [-0.05, 0) is 84.2 Å². The van der Waals surface area contributed by atoms with Crippen LogP contribution >= 0.6 is 0 Å². The number of aliphatic hydroxyl groups is 1. The fourth-order valence-electron chi connectivity index (χ4n) is 5.67. The number of rotatable bonds is 9. The molecule has 4 aromatic rings. The number of aryl methyl sites for hydroxylation is 1. The summed E-state index contributed by atoms with van der Waals surface area (Å²) in [6.45, 7) is 1.49. The van der Waals surface area contributed by atoms with Crippen molar-refractivity contribution in [2.75, 3.05) is 29.9 Å². The maximum atomic E-state index is 14.3. The second kappa shape index (κ2) is 12.2. The second-order valence-electron chi connectivity index (χ2n) is 11.3. The fourth-order valence-corrected chi connectivity index (χ4v) is 5.67. The minimum atomic E-state index is -4.67. The van der Waals surface area contributed by atoms with Crippen LogP contribution in [-0.4, -0.2) is 61.4 Å². The van der Waals surface area contributed by atoms with Gasteiger partial charge in [0.1, 0.15) is 18.0 Å². The van der Waals surface area contributed by atoms with E-state index in [0.717, 1.165) is 25.6 Å². The predicted molar refractivity (Wildman–Crippen MR) is 161 cm³/mol. The van der Waals surface area contributed by atoms with Gasteiger partial charge >= 0.3 is 6.18 Å². The van der Waals surface area contributed by atoms with Crippen LogP contribution in [0.3, 0.4) is 0 Å². The summed E-state index contributed by atoms with van der Waals surface area (Å²) in [6, 6.07) is 14.9. The molecule has 1 atom stereocenters. The molecule has 11 nitrogen and oxygen atoms in total. The van der Waals surface area contributed by atoms with Gasteiger partial charge in [0.15, 0.2) is 5.82 Å². The standard InChI is InChI=1S/C32H28F3N9O2/c1-42-18-39-41-30(42)23-4-3-19(14-37)9-24(23)21-12-28(38-15-22(45)5-6-36)40-29(13-21)44-17-26-25(31(44)46)10-20(16-43-7-2-8-43)11-27(26)32(33,34)35/h3-4,9-13,18,22,45H,2,5,7-8,15-17H2,1H3,(H,38,40)/t22-/m0/s1. The molecule has 2 aromatic carbocycles. The summed E-state index contributed by atoms with van der Waals surface area (Å²) in [4.78, 5) is 21.6. The van der Waals surface area contributed by atoms with E-state index in [1.165, 1.54) is 17.3 Å². The van der Waals surface area contributed by atoms with Crippen LogP contribution in [-0.2, 0) is 26.3 Å². The van der Waals surface area contributed by atoms with Gasteiger partial charge in [-0.25, -0.2) is 4.98 Å². The highest BCUT2D eigenvalue weighted by Crippen LogP contribution is 2.41. The Labute approximate surface area is 262 Å². The average molecular weight is 628 g/mol. The summed E-state index contributed by atoms with van der Waals surface area (Å²) in [5.41, 5.74) is 1.39. The molecule has 1 saturated heterocycles. The van der Waals surface area contributed by atoms with Crippen molar-refractivity contribution in [3.8, 4) is 34.7 Å².